The highest BCUT2D eigenvalue weighted by Gasteiger charge is 2.38. The molecule has 13 heteroatoms. The zero-order valence-electron chi connectivity index (χ0n) is 13.2. The van der Waals surface area contributed by atoms with E-state index < -0.39 is 27.1 Å². The van der Waals surface area contributed by atoms with Crippen LogP contribution in [0.1, 0.15) is 0 Å². The molecule has 0 bridgehead atoms. The van der Waals surface area contributed by atoms with Crippen molar-refractivity contribution in [1.29, 1.82) is 0 Å². The maximum atomic E-state index is 12.1. The zero-order valence-corrected chi connectivity index (χ0v) is 14.0. The fourth-order valence-electron chi connectivity index (χ4n) is 1.56. The topological polar surface area (TPSA) is 153 Å². The normalized spacial score (nSPS) is 11.1. The van der Waals surface area contributed by atoms with Crippen molar-refractivity contribution < 1.29 is 36.4 Å². The molecule has 27 heavy (non-hydrogen) atoms. The lowest BCUT2D eigenvalue weighted by molar-refractivity contribution is -0.384. The SMILES string of the molecule is Nc1cccc(NS(=O)(=O)c2ccc([N+](=O)[O-])cc2)c1.O=C(O)C(F)(F)F. The number of nitrogen functional groups attached to an aromatic ring is 1. The maximum absolute atomic E-state index is 12.1. The number of benzene rings is 2. The van der Waals surface area contributed by atoms with Gasteiger partial charge in [-0.15, -0.1) is 0 Å². The Morgan fingerprint density at radius 1 is 1.15 bits per heavy atom. The van der Waals surface area contributed by atoms with Crippen molar-refractivity contribution in [1.82, 2.24) is 0 Å². The quantitative estimate of drug-likeness (QED) is 0.400. The van der Waals surface area contributed by atoms with E-state index in [4.69, 9.17) is 15.6 Å². The van der Waals surface area contributed by atoms with Crippen LogP contribution in [0.5, 0.6) is 0 Å². The smallest absolute Gasteiger partial charge is 0.475 e. The molecule has 0 aliphatic rings. The molecular weight excluding hydrogens is 395 g/mol. The average Bonchev–Trinajstić information content (AvgIpc) is 2.54. The molecule has 0 fully saturated rings. The minimum Gasteiger partial charge on any atom is -0.475 e. The van der Waals surface area contributed by atoms with Crippen LogP contribution < -0.4 is 10.5 Å². The summed E-state index contributed by atoms with van der Waals surface area (Å²) in [6.45, 7) is 0. The lowest BCUT2D eigenvalue weighted by Gasteiger charge is -2.08. The molecular formula is C14H12F3N3O6S. The van der Waals surface area contributed by atoms with Gasteiger partial charge < -0.3 is 10.8 Å². The van der Waals surface area contributed by atoms with Gasteiger partial charge in [-0.3, -0.25) is 14.8 Å². The van der Waals surface area contributed by atoms with Crippen molar-refractivity contribution >= 4 is 33.1 Å². The van der Waals surface area contributed by atoms with E-state index >= 15 is 0 Å². The predicted molar refractivity (Wildman–Crippen MR) is 88.5 cm³/mol. The number of carbonyl (C=O) groups is 1. The molecule has 0 aliphatic carbocycles. The third-order valence-corrected chi connectivity index (χ3v) is 4.14. The number of aliphatic carboxylic acids is 1. The molecule has 9 nitrogen and oxygen atoms in total. The Balaban J connectivity index is 0.000000445. The van der Waals surface area contributed by atoms with E-state index in [0.29, 0.717) is 11.4 Å². The van der Waals surface area contributed by atoms with Crippen molar-refractivity contribution in [3.8, 4) is 0 Å². The first-order chi connectivity index (χ1) is 12.3. The fourth-order valence-corrected chi connectivity index (χ4v) is 2.61. The number of non-ortho nitro benzene ring substituents is 1. The van der Waals surface area contributed by atoms with Gasteiger partial charge >= 0.3 is 12.1 Å². The van der Waals surface area contributed by atoms with Crippen molar-refractivity contribution in [2.75, 3.05) is 10.5 Å². The zero-order chi connectivity index (χ0) is 20.8. The Kier molecular flexibility index (Phi) is 6.71. The van der Waals surface area contributed by atoms with Gasteiger partial charge in [0.2, 0.25) is 0 Å². The highest BCUT2D eigenvalue weighted by atomic mass is 32.2. The van der Waals surface area contributed by atoms with Crippen LogP contribution in [0, 0.1) is 10.1 Å². The number of hydrogen-bond donors (Lipinski definition) is 3. The van der Waals surface area contributed by atoms with Crippen molar-refractivity contribution in [2.45, 2.75) is 11.1 Å². The number of anilines is 2. The second-order valence-electron chi connectivity index (χ2n) is 4.78. The largest absolute Gasteiger partial charge is 0.490 e. The number of halogens is 3. The predicted octanol–water partition coefficient (Wildman–Crippen LogP) is 2.61. The second kappa shape index (κ2) is 8.35. The molecule has 4 N–H and O–H groups in total. The standard InChI is InChI=1S/C12H11N3O4S.C2HF3O2/c13-9-2-1-3-10(8-9)14-20(18,19)12-6-4-11(5-7-12)15(16)17;3-2(4,5)1(6)7/h1-8,14H,13H2;(H,6,7). The number of rotatable bonds is 4. The number of alkyl halides is 3. The number of nitro benzene ring substituents is 1. The van der Waals surface area contributed by atoms with E-state index in [9.17, 15) is 31.7 Å². The van der Waals surface area contributed by atoms with Gasteiger partial charge in [0.1, 0.15) is 0 Å². The molecule has 0 aliphatic heterocycles. The van der Waals surface area contributed by atoms with Gasteiger partial charge in [-0.05, 0) is 30.3 Å². The van der Waals surface area contributed by atoms with Gasteiger partial charge in [0.25, 0.3) is 15.7 Å². The van der Waals surface area contributed by atoms with Crippen LogP contribution in [0.15, 0.2) is 53.4 Å². The summed E-state index contributed by atoms with van der Waals surface area (Å²) in [6, 6.07) is 10.9. The Morgan fingerprint density at radius 3 is 2.07 bits per heavy atom. The molecule has 0 saturated heterocycles. The van der Waals surface area contributed by atoms with Crippen LogP contribution in [0.2, 0.25) is 0 Å². The summed E-state index contributed by atoms with van der Waals surface area (Å²) < 4.78 is 58.2. The first kappa shape index (κ1) is 21.7. The lowest BCUT2D eigenvalue weighted by Crippen LogP contribution is -2.21. The highest BCUT2D eigenvalue weighted by Crippen LogP contribution is 2.20. The molecule has 0 spiro atoms. The number of nitrogens with one attached hydrogen (secondary N) is 1. The fraction of sp³-hybridized carbons (Fsp3) is 0.0714. The van der Waals surface area contributed by atoms with E-state index in [1.807, 2.05) is 0 Å². The Bertz CT molecular complexity index is 930. The minimum absolute atomic E-state index is 0.0643. The van der Waals surface area contributed by atoms with Crippen LogP contribution in [0.3, 0.4) is 0 Å². The van der Waals surface area contributed by atoms with Gasteiger partial charge in [-0.25, -0.2) is 13.2 Å². The van der Waals surface area contributed by atoms with Crippen LogP contribution in [-0.2, 0) is 14.8 Å². The van der Waals surface area contributed by atoms with Gasteiger partial charge in [-0.1, -0.05) is 6.07 Å². The Labute approximate surface area is 150 Å². The molecule has 0 aromatic heterocycles. The van der Waals surface area contributed by atoms with E-state index in [1.165, 1.54) is 18.2 Å². The number of nitrogens with two attached hydrogens (primary N) is 1. The summed E-state index contributed by atoms with van der Waals surface area (Å²) in [4.78, 5) is 18.8. The van der Waals surface area contributed by atoms with Crippen molar-refractivity contribution in [2.24, 2.45) is 0 Å². The number of carboxylic acid groups (broad SMARTS) is 1. The number of carboxylic acids is 1. The third kappa shape index (κ3) is 6.81. The van der Waals surface area contributed by atoms with E-state index in [2.05, 4.69) is 4.72 Å². The Morgan fingerprint density at radius 2 is 1.67 bits per heavy atom. The Hall–Kier alpha value is -3.35. The van der Waals surface area contributed by atoms with Crippen molar-refractivity contribution in [3.05, 3.63) is 58.6 Å². The molecule has 0 unspecified atom stereocenters. The first-order valence-electron chi connectivity index (χ1n) is 6.76. The van der Waals surface area contributed by atoms with Crippen molar-refractivity contribution in [3.63, 3.8) is 0 Å². The number of nitro groups is 1. The summed E-state index contributed by atoms with van der Waals surface area (Å²) in [7, 11) is -3.80. The summed E-state index contributed by atoms with van der Waals surface area (Å²) in [5, 5.41) is 17.6. The van der Waals surface area contributed by atoms with Gasteiger partial charge in [0, 0.05) is 17.8 Å². The van der Waals surface area contributed by atoms with Gasteiger partial charge in [0.15, 0.2) is 0 Å². The summed E-state index contributed by atoms with van der Waals surface area (Å²) in [5.41, 5.74) is 6.13. The molecule has 0 heterocycles. The molecule has 146 valence electrons. The van der Waals surface area contributed by atoms with E-state index in [-0.39, 0.29) is 10.6 Å². The molecule has 2 aromatic carbocycles. The summed E-state index contributed by atoms with van der Waals surface area (Å²) in [6.07, 6.45) is -5.08. The number of sulfonamides is 1. The maximum Gasteiger partial charge on any atom is 0.490 e. The van der Waals surface area contributed by atoms with E-state index in [1.54, 1.807) is 18.2 Å². The monoisotopic (exact) mass is 407 g/mol. The van der Waals surface area contributed by atoms with Crippen LogP contribution in [-0.4, -0.2) is 30.6 Å². The molecule has 2 aromatic rings. The summed E-state index contributed by atoms with van der Waals surface area (Å²) >= 11 is 0. The molecule has 0 radical (unpaired) electrons. The highest BCUT2D eigenvalue weighted by molar-refractivity contribution is 7.92. The average molecular weight is 407 g/mol. The molecule has 0 amide bonds. The molecule has 0 atom stereocenters. The molecule has 2 rings (SSSR count). The number of nitrogens with zero attached hydrogens (tertiary/aromatic N) is 1. The lowest BCUT2D eigenvalue weighted by atomic mass is 10.3. The number of hydrogen-bond acceptors (Lipinski definition) is 6. The van der Waals surface area contributed by atoms with Crippen LogP contribution in [0.4, 0.5) is 30.2 Å². The molecule has 0 saturated carbocycles. The third-order valence-electron chi connectivity index (χ3n) is 2.74. The van der Waals surface area contributed by atoms with Crippen LogP contribution >= 0.6 is 0 Å². The minimum atomic E-state index is -5.08. The van der Waals surface area contributed by atoms with Gasteiger partial charge in [0.05, 0.1) is 15.5 Å². The summed E-state index contributed by atoms with van der Waals surface area (Å²) in [5.74, 6) is -2.76. The van der Waals surface area contributed by atoms with Gasteiger partial charge in [-0.2, -0.15) is 13.2 Å². The van der Waals surface area contributed by atoms with E-state index in [0.717, 1.165) is 12.1 Å². The van der Waals surface area contributed by atoms with Crippen LogP contribution in [0.25, 0.3) is 0 Å². The second-order valence-corrected chi connectivity index (χ2v) is 6.47. The first-order valence-corrected chi connectivity index (χ1v) is 8.24.